The molecule has 1 aromatic carbocycles. The van der Waals surface area contributed by atoms with Gasteiger partial charge in [-0.15, -0.1) is 0 Å². The first-order valence-corrected chi connectivity index (χ1v) is 6.78. The van der Waals surface area contributed by atoms with Gasteiger partial charge in [-0.05, 0) is 18.1 Å². The van der Waals surface area contributed by atoms with Crippen molar-refractivity contribution in [2.24, 2.45) is 5.92 Å². The van der Waals surface area contributed by atoms with E-state index in [-0.39, 0.29) is 0 Å². The molecule has 0 aromatic heterocycles. The molecule has 0 aliphatic heterocycles. The van der Waals surface area contributed by atoms with E-state index in [2.05, 4.69) is 19.2 Å². The molecule has 0 radical (unpaired) electrons. The number of methoxy groups -OCH3 is 2. The number of hydrogen-bond acceptors (Lipinski definition) is 5. The number of aliphatic hydroxyl groups is 1. The van der Waals surface area contributed by atoms with Crippen molar-refractivity contribution < 1.29 is 19.3 Å². The van der Waals surface area contributed by atoms with Crippen LogP contribution in [0.3, 0.4) is 0 Å². The van der Waals surface area contributed by atoms with Crippen molar-refractivity contribution >= 4 is 5.69 Å². The molecule has 1 unspecified atom stereocenters. The molecule has 1 aromatic rings. The first kappa shape index (κ1) is 16.6. The molecule has 5 nitrogen and oxygen atoms in total. The molecule has 0 bridgehead atoms. The maximum absolute atomic E-state index is 9.83. The zero-order chi connectivity index (χ0) is 15.0. The molecule has 114 valence electrons. The minimum atomic E-state index is -0.555. The standard InChI is InChI=1S/C15H25NO4/c1-11(2)9-20-10-12(17)8-16-14-6-5-13(18-3)7-15(14)19-4/h5-7,11-12,16-17H,8-10H2,1-4H3. The van der Waals surface area contributed by atoms with Gasteiger partial charge in [-0.1, -0.05) is 13.8 Å². The van der Waals surface area contributed by atoms with Crippen molar-refractivity contribution in [3.63, 3.8) is 0 Å². The van der Waals surface area contributed by atoms with Gasteiger partial charge in [-0.25, -0.2) is 0 Å². The number of aliphatic hydroxyl groups excluding tert-OH is 1. The van der Waals surface area contributed by atoms with Crippen LogP contribution in [0.15, 0.2) is 18.2 Å². The Morgan fingerprint density at radius 3 is 2.50 bits per heavy atom. The average Bonchev–Trinajstić information content (AvgIpc) is 2.44. The van der Waals surface area contributed by atoms with Crippen LogP contribution in [0.2, 0.25) is 0 Å². The minimum absolute atomic E-state index is 0.323. The zero-order valence-corrected chi connectivity index (χ0v) is 12.7. The Bertz CT molecular complexity index is 395. The summed E-state index contributed by atoms with van der Waals surface area (Å²) in [6.45, 7) is 5.53. The maximum Gasteiger partial charge on any atom is 0.145 e. The normalized spacial score (nSPS) is 12.3. The molecule has 0 saturated carbocycles. The fourth-order valence-corrected chi connectivity index (χ4v) is 1.67. The Balaban J connectivity index is 2.44. The minimum Gasteiger partial charge on any atom is -0.497 e. The molecule has 5 heteroatoms. The average molecular weight is 283 g/mol. The van der Waals surface area contributed by atoms with Gasteiger partial charge in [0.15, 0.2) is 0 Å². The molecule has 20 heavy (non-hydrogen) atoms. The number of ether oxygens (including phenoxy) is 3. The van der Waals surface area contributed by atoms with E-state index >= 15 is 0 Å². The predicted octanol–water partition coefficient (Wildman–Crippen LogP) is 2.15. The quantitative estimate of drug-likeness (QED) is 0.727. The third-order valence-electron chi connectivity index (χ3n) is 2.70. The van der Waals surface area contributed by atoms with E-state index in [1.807, 2.05) is 12.1 Å². The summed E-state index contributed by atoms with van der Waals surface area (Å²) in [5.74, 6) is 1.88. The monoisotopic (exact) mass is 283 g/mol. The van der Waals surface area contributed by atoms with Crippen LogP contribution in [-0.4, -0.2) is 45.2 Å². The fraction of sp³-hybridized carbons (Fsp3) is 0.600. The molecule has 2 N–H and O–H groups in total. The smallest absolute Gasteiger partial charge is 0.145 e. The summed E-state index contributed by atoms with van der Waals surface area (Å²) in [6, 6.07) is 5.50. The molecular formula is C15H25NO4. The van der Waals surface area contributed by atoms with Gasteiger partial charge in [0.2, 0.25) is 0 Å². The summed E-state index contributed by atoms with van der Waals surface area (Å²) >= 11 is 0. The van der Waals surface area contributed by atoms with Crippen LogP contribution in [0.1, 0.15) is 13.8 Å². The second-order valence-corrected chi connectivity index (χ2v) is 5.03. The van der Waals surface area contributed by atoms with Crippen molar-refractivity contribution in [1.29, 1.82) is 0 Å². The molecule has 0 spiro atoms. The predicted molar refractivity (Wildman–Crippen MR) is 79.7 cm³/mol. The summed E-state index contributed by atoms with van der Waals surface area (Å²) in [6.07, 6.45) is -0.555. The summed E-state index contributed by atoms with van der Waals surface area (Å²) in [7, 11) is 3.21. The lowest BCUT2D eigenvalue weighted by Crippen LogP contribution is -2.25. The highest BCUT2D eigenvalue weighted by Crippen LogP contribution is 2.28. The van der Waals surface area contributed by atoms with E-state index in [9.17, 15) is 5.11 Å². The van der Waals surface area contributed by atoms with Crippen LogP contribution in [-0.2, 0) is 4.74 Å². The molecule has 1 rings (SSSR count). The molecular weight excluding hydrogens is 258 g/mol. The van der Waals surface area contributed by atoms with Gasteiger partial charge in [-0.2, -0.15) is 0 Å². The van der Waals surface area contributed by atoms with Crippen LogP contribution in [0.4, 0.5) is 5.69 Å². The lowest BCUT2D eigenvalue weighted by molar-refractivity contribution is 0.0318. The van der Waals surface area contributed by atoms with Gasteiger partial charge in [-0.3, -0.25) is 0 Å². The van der Waals surface area contributed by atoms with Gasteiger partial charge < -0.3 is 24.6 Å². The SMILES string of the molecule is COc1ccc(NCC(O)COCC(C)C)c(OC)c1. The summed E-state index contributed by atoms with van der Waals surface area (Å²) < 4.78 is 15.8. The molecule has 0 heterocycles. The summed E-state index contributed by atoms with van der Waals surface area (Å²) in [4.78, 5) is 0. The molecule has 0 aliphatic carbocycles. The maximum atomic E-state index is 9.83. The Morgan fingerprint density at radius 1 is 1.15 bits per heavy atom. The second kappa shape index (κ2) is 8.66. The Hall–Kier alpha value is -1.46. The highest BCUT2D eigenvalue weighted by molar-refractivity contribution is 5.59. The topological polar surface area (TPSA) is 60.0 Å². The van der Waals surface area contributed by atoms with E-state index in [1.54, 1.807) is 20.3 Å². The third kappa shape index (κ3) is 5.67. The van der Waals surface area contributed by atoms with E-state index in [0.29, 0.717) is 31.4 Å². The van der Waals surface area contributed by atoms with Crippen molar-refractivity contribution in [3.05, 3.63) is 18.2 Å². The highest BCUT2D eigenvalue weighted by atomic mass is 16.5. The van der Waals surface area contributed by atoms with Gasteiger partial charge >= 0.3 is 0 Å². The number of anilines is 1. The van der Waals surface area contributed by atoms with Crippen molar-refractivity contribution in [2.75, 3.05) is 39.3 Å². The molecule has 0 aliphatic rings. The van der Waals surface area contributed by atoms with Crippen LogP contribution in [0.25, 0.3) is 0 Å². The van der Waals surface area contributed by atoms with Gasteiger partial charge in [0.1, 0.15) is 11.5 Å². The second-order valence-electron chi connectivity index (χ2n) is 5.03. The summed E-state index contributed by atoms with van der Waals surface area (Å²) in [5, 5.41) is 13.0. The van der Waals surface area contributed by atoms with E-state index in [4.69, 9.17) is 14.2 Å². The highest BCUT2D eigenvalue weighted by Gasteiger charge is 2.08. The van der Waals surface area contributed by atoms with Crippen molar-refractivity contribution in [1.82, 2.24) is 0 Å². The Kier molecular flexibility index (Phi) is 7.18. The van der Waals surface area contributed by atoms with Gasteiger partial charge in [0.05, 0.1) is 32.6 Å². The third-order valence-corrected chi connectivity index (χ3v) is 2.70. The van der Waals surface area contributed by atoms with Crippen LogP contribution in [0.5, 0.6) is 11.5 Å². The van der Waals surface area contributed by atoms with E-state index in [1.165, 1.54) is 0 Å². The molecule has 0 amide bonds. The Morgan fingerprint density at radius 2 is 1.90 bits per heavy atom. The van der Waals surface area contributed by atoms with Crippen LogP contribution < -0.4 is 14.8 Å². The van der Waals surface area contributed by atoms with Crippen molar-refractivity contribution in [3.8, 4) is 11.5 Å². The first-order chi connectivity index (χ1) is 9.56. The first-order valence-electron chi connectivity index (χ1n) is 6.78. The molecule has 0 saturated heterocycles. The fourth-order valence-electron chi connectivity index (χ4n) is 1.67. The van der Waals surface area contributed by atoms with Crippen LogP contribution in [0, 0.1) is 5.92 Å². The number of hydrogen-bond donors (Lipinski definition) is 2. The van der Waals surface area contributed by atoms with Gasteiger partial charge in [0, 0.05) is 19.2 Å². The van der Waals surface area contributed by atoms with E-state index in [0.717, 1.165) is 11.4 Å². The number of nitrogens with one attached hydrogen (secondary N) is 1. The molecule has 1 atom stereocenters. The van der Waals surface area contributed by atoms with Crippen LogP contribution >= 0.6 is 0 Å². The van der Waals surface area contributed by atoms with E-state index < -0.39 is 6.10 Å². The summed E-state index contributed by atoms with van der Waals surface area (Å²) in [5.41, 5.74) is 0.816. The lowest BCUT2D eigenvalue weighted by Gasteiger charge is -2.16. The zero-order valence-electron chi connectivity index (χ0n) is 12.7. The van der Waals surface area contributed by atoms with Gasteiger partial charge in [0.25, 0.3) is 0 Å². The Labute approximate surface area is 120 Å². The van der Waals surface area contributed by atoms with Crippen molar-refractivity contribution in [2.45, 2.75) is 20.0 Å². The number of benzene rings is 1. The number of rotatable bonds is 9. The molecule has 0 fully saturated rings. The largest absolute Gasteiger partial charge is 0.497 e. The lowest BCUT2D eigenvalue weighted by atomic mass is 10.2.